The van der Waals surface area contributed by atoms with Gasteiger partial charge in [-0.15, -0.1) is 0 Å². The molecule has 0 N–H and O–H groups in total. The van der Waals surface area contributed by atoms with Gasteiger partial charge in [0.1, 0.15) is 0 Å². The highest BCUT2D eigenvalue weighted by molar-refractivity contribution is 4.85. The summed E-state index contributed by atoms with van der Waals surface area (Å²) in [5, 5.41) is 0. The normalized spacial score (nSPS) is 11.2. The van der Waals surface area contributed by atoms with Gasteiger partial charge in [0.25, 0.3) is 0 Å². The maximum Gasteiger partial charge on any atom is 0.183 e. The Hall–Kier alpha value is -0.660. The zero-order chi connectivity index (χ0) is 6.57. The Balaban J connectivity index is 3.72. The van der Waals surface area contributed by atoms with Gasteiger partial charge in [0.2, 0.25) is 0 Å². The molecule has 0 heterocycles. The Labute approximate surface area is 50.7 Å². The van der Waals surface area contributed by atoms with Crippen LogP contribution in [-0.4, -0.2) is 26.1 Å². The van der Waals surface area contributed by atoms with Crippen molar-refractivity contribution < 1.29 is 4.74 Å². The van der Waals surface area contributed by atoms with E-state index in [4.69, 9.17) is 4.74 Å². The van der Waals surface area contributed by atoms with E-state index in [9.17, 15) is 0 Å². The Bertz CT molecular complexity index is 86.5. The quantitative estimate of drug-likeness (QED) is 0.499. The van der Waals surface area contributed by atoms with Crippen molar-refractivity contribution in [1.82, 2.24) is 4.90 Å². The van der Waals surface area contributed by atoms with E-state index in [-0.39, 0.29) is 0 Å². The van der Waals surface area contributed by atoms with E-state index in [1.54, 1.807) is 7.11 Å². The van der Waals surface area contributed by atoms with Crippen LogP contribution in [0.2, 0.25) is 0 Å². The predicted octanol–water partition coefficient (Wildman–Crippen LogP) is 1.06. The van der Waals surface area contributed by atoms with Gasteiger partial charge >= 0.3 is 0 Å². The summed E-state index contributed by atoms with van der Waals surface area (Å²) >= 11 is 0. The van der Waals surface area contributed by atoms with Gasteiger partial charge in [0, 0.05) is 14.1 Å². The topological polar surface area (TPSA) is 12.5 Å². The fourth-order valence-electron chi connectivity index (χ4n) is 0.559. The largest absolute Gasteiger partial charge is 0.483 e. The molecule has 0 aromatic rings. The van der Waals surface area contributed by atoms with Crippen LogP contribution in [-0.2, 0) is 4.74 Å². The van der Waals surface area contributed by atoms with Gasteiger partial charge < -0.3 is 9.64 Å². The highest BCUT2D eigenvalue weighted by atomic mass is 16.5. The van der Waals surface area contributed by atoms with Crippen LogP contribution in [0.4, 0.5) is 0 Å². The number of nitrogens with zero attached hydrogens (tertiary/aromatic N) is 1. The van der Waals surface area contributed by atoms with Gasteiger partial charge in [-0.05, 0) is 13.0 Å². The average molecular weight is 115 g/mol. The van der Waals surface area contributed by atoms with Crippen LogP contribution in [0.5, 0.6) is 0 Å². The third kappa shape index (κ3) is 1.87. The molecule has 48 valence electrons. The van der Waals surface area contributed by atoms with E-state index in [2.05, 4.69) is 0 Å². The molecular weight excluding hydrogens is 102 g/mol. The minimum atomic E-state index is 0.894. The van der Waals surface area contributed by atoms with E-state index in [0.29, 0.717) is 0 Å². The summed E-state index contributed by atoms with van der Waals surface area (Å²) in [6.07, 6.45) is 1.92. The number of hydrogen-bond donors (Lipinski definition) is 0. The molecule has 0 aliphatic rings. The molecule has 0 spiro atoms. The molecule has 0 aromatic carbocycles. The number of allylic oxidation sites excluding steroid dienone is 1. The van der Waals surface area contributed by atoms with E-state index in [1.165, 1.54) is 0 Å². The molecule has 0 aromatic heterocycles. The molecule has 0 radical (unpaired) electrons. The number of ether oxygens (including phenoxy) is 1. The fourth-order valence-corrected chi connectivity index (χ4v) is 0.559. The molecule has 0 fully saturated rings. The molecule has 0 saturated carbocycles. The Morgan fingerprint density at radius 2 is 2.00 bits per heavy atom. The zero-order valence-electron chi connectivity index (χ0n) is 5.93. The first-order chi connectivity index (χ1) is 3.72. The minimum absolute atomic E-state index is 0.894. The molecular formula is C6H13NO. The maximum absolute atomic E-state index is 4.95. The van der Waals surface area contributed by atoms with Crippen LogP contribution in [0.15, 0.2) is 12.0 Å². The van der Waals surface area contributed by atoms with Crippen molar-refractivity contribution in [2.24, 2.45) is 0 Å². The smallest absolute Gasteiger partial charge is 0.183 e. The summed E-state index contributed by atoms with van der Waals surface area (Å²) in [4.78, 5) is 1.92. The molecule has 0 amide bonds. The second-order valence-electron chi connectivity index (χ2n) is 1.73. The van der Waals surface area contributed by atoms with E-state index < -0.39 is 0 Å². The van der Waals surface area contributed by atoms with Crippen LogP contribution in [0, 0.1) is 0 Å². The molecule has 0 atom stereocenters. The molecule has 2 nitrogen and oxygen atoms in total. The Morgan fingerprint density at radius 1 is 1.50 bits per heavy atom. The zero-order valence-corrected chi connectivity index (χ0v) is 5.93. The van der Waals surface area contributed by atoms with Crippen molar-refractivity contribution in [3.8, 4) is 0 Å². The molecule has 0 aliphatic carbocycles. The van der Waals surface area contributed by atoms with Crippen LogP contribution in [0.3, 0.4) is 0 Å². The monoisotopic (exact) mass is 115 g/mol. The molecule has 0 unspecified atom stereocenters. The highest BCUT2D eigenvalue weighted by Crippen LogP contribution is 1.95. The Morgan fingerprint density at radius 3 is 2.00 bits per heavy atom. The van der Waals surface area contributed by atoms with Crippen molar-refractivity contribution in [2.75, 3.05) is 21.2 Å². The van der Waals surface area contributed by atoms with Crippen molar-refractivity contribution in [3.05, 3.63) is 12.0 Å². The average Bonchev–Trinajstić information content (AvgIpc) is 1.69. The maximum atomic E-state index is 4.95. The van der Waals surface area contributed by atoms with Crippen molar-refractivity contribution in [1.29, 1.82) is 0 Å². The van der Waals surface area contributed by atoms with Gasteiger partial charge in [-0.25, -0.2) is 0 Å². The summed E-state index contributed by atoms with van der Waals surface area (Å²) in [7, 11) is 5.55. The summed E-state index contributed by atoms with van der Waals surface area (Å²) in [6, 6.07) is 0. The SMILES string of the molecule is CC=C(OC)N(C)C. The van der Waals surface area contributed by atoms with Crippen LogP contribution >= 0.6 is 0 Å². The van der Waals surface area contributed by atoms with E-state index in [1.807, 2.05) is 32.0 Å². The predicted molar refractivity (Wildman–Crippen MR) is 34.5 cm³/mol. The van der Waals surface area contributed by atoms with Crippen molar-refractivity contribution >= 4 is 0 Å². The van der Waals surface area contributed by atoms with Gasteiger partial charge in [0.05, 0.1) is 7.11 Å². The third-order valence-corrected chi connectivity index (χ3v) is 0.897. The number of hydrogen-bond acceptors (Lipinski definition) is 2. The second kappa shape index (κ2) is 3.36. The molecule has 8 heavy (non-hydrogen) atoms. The lowest BCUT2D eigenvalue weighted by Gasteiger charge is -2.13. The van der Waals surface area contributed by atoms with Gasteiger partial charge in [-0.1, -0.05) is 0 Å². The summed E-state index contributed by atoms with van der Waals surface area (Å²) in [5.74, 6) is 0.894. The summed E-state index contributed by atoms with van der Waals surface area (Å²) < 4.78 is 4.95. The summed E-state index contributed by atoms with van der Waals surface area (Å²) in [6.45, 7) is 1.94. The van der Waals surface area contributed by atoms with Crippen LogP contribution < -0.4 is 0 Å². The second-order valence-corrected chi connectivity index (χ2v) is 1.73. The van der Waals surface area contributed by atoms with E-state index >= 15 is 0 Å². The fraction of sp³-hybridized carbons (Fsp3) is 0.667. The molecule has 2 heteroatoms. The minimum Gasteiger partial charge on any atom is -0.483 e. The van der Waals surface area contributed by atoms with Crippen LogP contribution in [0.1, 0.15) is 6.92 Å². The molecule has 0 saturated heterocycles. The standard InChI is InChI=1S/C6H13NO/c1-5-6(8-4)7(2)3/h5H,1-4H3. The van der Waals surface area contributed by atoms with Gasteiger partial charge in [0.15, 0.2) is 5.88 Å². The number of methoxy groups -OCH3 is 1. The first kappa shape index (κ1) is 7.34. The highest BCUT2D eigenvalue weighted by Gasteiger charge is 1.91. The van der Waals surface area contributed by atoms with Gasteiger partial charge in [-0.3, -0.25) is 0 Å². The van der Waals surface area contributed by atoms with Gasteiger partial charge in [-0.2, -0.15) is 0 Å². The first-order valence-corrected chi connectivity index (χ1v) is 2.60. The van der Waals surface area contributed by atoms with Crippen molar-refractivity contribution in [3.63, 3.8) is 0 Å². The lowest BCUT2D eigenvalue weighted by atomic mass is 10.6. The lowest BCUT2D eigenvalue weighted by Crippen LogP contribution is -2.11. The molecule has 0 aliphatic heterocycles. The molecule has 0 rings (SSSR count). The Kier molecular flexibility index (Phi) is 3.08. The van der Waals surface area contributed by atoms with Crippen molar-refractivity contribution in [2.45, 2.75) is 6.92 Å². The first-order valence-electron chi connectivity index (χ1n) is 2.60. The lowest BCUT2D eigenvalue weighted by molar-refractivity contribution is 0.193. The summed E-state index contributed by atoms with van der Waals surface area (Å²) in [5.41, 5.74) is 0. The number of rotatable bonds is 2. The van der Waals surface area contributed by atoms with E-state index in [0.717, 1.165) is 5.88 Å². The van der Waals surface area contributed by atoms with Crippen LogP contribution in [0.25, 0.3) is 0 Å². The molecule has 0 bridgehead atoms. The third-order valence-electron chi connectivity index (χ3n) is 0.897.